The van der Waals surface area contributed by atoms with E-state index in [1.54, 1.807) is 4.68 Å². The summed E-state index contributed by atoms with van der Waals surface area (Å²) in [5.41, 5.74) is 2.75. The molecular formula is C14H13N5O. The number of carbonyl (C=O) groups is 1. The molecule has 1 heterocycles. The van der Waals surface area contributed by atoms with Crippen molar-refractivity contribution >= 4 is 11.6 Å². The Bertz CT molecular complexity index is 709. The zero-order chi connectivity index (χ0) is 14.1. The highest BCUT2D eigenvalue weighted by molar-refractivity contribution is 5.88. The van der Waals surface area contributed by atoms with Gasteiger partial charge in [0.25, 0.3) is 0 Å². The quantitative estimate of drug-likeness (QED) is 0.921. The molecule has 1 saturated carbocycles. The van der Waals surface area contributed by atoms with Crippen LogP contribution in [0.3, 0.4) is 0 Å². The topological polar surface area (TPSA) is 83.6 Å². The molecule has 0 aliphatic heterocycles. The van der Waals surface area contributed by atoms with E-state index in [-0.39, 0.29) is 5.91 Å². The molecule has 6 heteroatoms. The molecule has 1 aromatic carbocycles. The number of benzene rings is 1. The predicted molar refractivity (Wildman–Crippen MR) is 72.4 cm³/mol. The van der Waals surface area contributed by atoms with Gasteiger partial charge in [0.2, 0.25) is 5.91 Å². The van der Waals surface area contributed by atoms with Crippen LogP contribution < -0.4 is 5.32 Å². The van der Waals surface area contributed by atoms with Crippen molar-refractivity contribution in [2.24, 2.45) is 0 Å². The van der Waals surface area contributed by atoms with Crippen molar-refractivity contribution in [1.82, 2.24) is 15.0 Å². The van der Waals surface area contributed by atoms with E-state index in [0.717, 1.165) is 24.2 Å². The SMILES string of the molecule is CC(=O)Nc1cccc(-n2nnc(C#N)c2C2CC2)c1. The highest BCUT2D eigenvalue weighted by Gasteiger charge is 2.31. The van der Waals surface area contributed by atoms with Gasteiger partial charge in [0, 0.05) is 18.5 Å². The number of amides is 1. The molecule has 1 N–H and O–H groups in total. The molecule has 0 atom stereocenters. The molecule has 100 valence electrons. The van der Waals surface area contributed by atoms with Gasteiger partial charge in [0.05, 0.1) is 11.4 Å². The molecule has 20 heavy (non-hydrogen) atoms. The Morgan fingerprint density at radius 2 is 2.30 bits per heavy atom. The first kappa shape index (κ1) is 12.4. The molecular weight excluding hydrogens is 254 g/mol. The summed E-state index contributed by atoms with van der Waals surface area (Å²) in [4.78, 5) is 11.1. The van der Waals surface area contributed by atoms with Crippen LogP contribution in [0.1, 0.15) is 37.1 Å². The van der Waals surface area contributed by atoms with E-state index in [4.69, 9.17) is 5.26 Å². The summed E-state index contributed by atoms with van der Waals surface area (Å²) in [6.45, 7) is 1.46. The zero-order valence-electron chi connectivity index (χ0n) is 11.0. The number of nitriles is 1. The molecule has 1 amide bonds. The number of hydrogen-bond acceptors (Lipinski definition) is 4. The molecule has 0 spiro atoms. The molecule has 1 aliphatic carbocycles. The number of anilines is 1. The number of carbonyl (C=O) groups excluding carboxylic acids is 1. The Morgan fingerprint density at radius 1 is 1.50 bits per heavy atom. The van der Waals surface area contributed by atoms with E-state index in [0.29, 0.717) is 17.3 Å². The van der Waals surface area contributed by atoms with Gasteiger partial charge in [-0.25, -0.2) is 4.68 Å². The maximum atomic E-state index is 11.1. The van der Waals surface area contributed by atoms with Gasteiger partial charge in [-0.15, -0.1) is 5.10 Å². The van der Waals surface area contributed by atoms with Crippen molar-refractivity contribution in [1.29, 1.82) is 5.26 Å². The number of nitrogens with zero attached hydrogens (tertiary/aromatic N) is 4. The average molecular weight is 267 g/mol. The molecule has 0 radical (unpaired) electrons. The van der Waals surface area contributed by atoms with E-state index in [1.807, 2.05) is 24.3 Å². The average Bonchev–Trinajstić information content (AvgIpc) is 3.17. The highest BCUT2D eigenvalue weighted by Crippen LogP contribution is 2.41. The monoisotopic (exact) mass is 267 g/mol. The molecule has 1 aliphatic rings. The number of rotatable bonds is 3. The Labute approximate surface area is 116 Å². The first-order valence-corrected chi connectivity index (χ1v) is 6.43. The van der Waals surface area contributed by atoms with Crippen molar-refractivity contribution in [3.05, 3.63) is 35.7 Å². The summed E-state index contributed by atoms with van der Waals surface area (Å²) in [5, 5.41) is 19.8. The van der Waals surface area contributed by atoms with Gasteiger partial charge in [-0.05, 0) is 31.0 Å². The van der Waals surface area contributed by atoms with Gasteiger partial charge in [-0.3, -0.25) is 4.79 Å². The van der Waals surface area contributed by atoms with Crippen LogP contribution in [0, 0.1) is 11.3 Å². The molecule has 0 bridgehead atoms. The third kappa shape index (κ3) is 2.26. The van der Waals surface area contributed by atoms with Gasteiger partial charge in [0.15, 0.2) is 5.69 Å². The lowest BCUT2D eigenvalue weighted by molar-refractivity contribution is -0.114. The van der Waals surface area contributed by atoms with Crippen LogP contribution in [0.5, 0.6) is 0 Å². The second-order valence-corrected chi connectivity index (χ2v) is 4.85. The van der Waals surface area contributed by atoms with Crippen molar-refractivity contribution < 1.29 is 4.79 Å². The molecule has 2 aromatic rings. The minimum atomic E-state index is -0.124. The van der Waals surface area contributed by atoms with E-state index in [2.05, 4.69) is 21.7 Å². The van der Waals surface area contributed by atoms with Gasteiger partial charge < -0.3 is 5.32 Å². The minimum Gasteiger partial charge on any atom is -0.326 e. The Hall–Kier alpha value is -2.68. The Morgan fingerprint density at radius 3 is 2.95 bits per heavy atom. The van der Waals surface area contributed by atoms with Crippen molar-refractivity contribution in [3.8, 4) is 11.8 Å². The van der Waals surface area contributed by atoms with Crippen LogP contribution in [0.25, 0.3) is 5.69 Å². The molecule has 0 saturated heterocycles. The summed E-state index contributed by atoms with van der Waals surface area (Å²) in [6.07, 6.45) is 2.13. The first-order valence-electron chi connectivity index (χ1n) is 6.43. The van der Waals surface area contributed by atoms with Crippen LogP contribution in [-0.2, 0) is 4.79 Å². The van der Waals surface area contributed by atoms with Gasteiger partial charge in [-0.1, -0.05) is 11.3 Å². The minimum absolute atomic E-state index is 0.124. The third-order valence-electron chi connectivity index (χ3n) is 3.19. The summed E-state index contributed by atoms with van der Waals surface area (Å²) in [6, 6.07) is 9.44. The van der Waals surface area contributed by atoms with Crippen molar-refractivity contribution in [3.63, 3.8) is 0 Å². The van der Waals surface area contributed by atoms with E-state index in [1.165, 1.54) is 6.92 Å². The summed E-state index contributed by atoms with van der Waals surface area (Å²) in [5.74, 6) is 0.241. The number of aromatic nitrogens is 3. The molecule has 3 rings (SSSR count). The smallest absolute Gasteiger partial charge is 0.221 e. The summed E-state index contributed by atoms with van der Waals surface area (Å²) < 4.78 is 1.70. The van der Waals surface area contributed by atoms with E-state index < -0.39 is 0 Å². The van der Waals surface area contributed by atoms with E-state index >= 15 is 0 Å². The van der Waals surface area contributed by atoms with Crippen molar-refractivity contribution in [2.75, 3.05) is 5.32 Å². The van der Waals surface area contributed by atoms with Crippen LogP contribution in [-0.4, -0.2) is 20.9 Å². The molecule has 6 nitrogen and oxygen atoms in total. The molecule has 1 fully saturated rings. The Balaban J connectivity index is 2.03. The number of hydrogen-bond donors (Lipinski definition) is 1. The lowest BCUT2D eigenvalue weighted by atomic mass is 10.2. The predicted octanol–water partition coefficient (Wildman–Crippen LogP) is 1.97. The second kappa shape index (κ2) is 4.78. The van der Waals surface area contributed by atoms with Gasteiger partial charge >= 0.3 is 0 Å². The summed E-state index contributed by atoms with van der Waals surface area (Å²) >= 11 is 0. The molecule has 0 unspecified atom stereocenters. The standard InChI is InChI=1S/C14H13N5O/c1-9(20)16-11-3-2-4-12(7-11)19-14(10-5-6-10)13(8-15)17-18-19/h2-4,7,10H,5-6H2,1H3,(H,16,20). The van der Waals surface area contributed by atoms with E-state index in [9.17, 15) is 4.79 Å². The fourth-order valence-electron chi connectivity index (χ4n) is 2.20. The fraction of sp³-hybridized carbons (Fsp3) is 0.286. The summed E-state index contributed by atoms with van der Waals surface area (Å²) in [7, 11) is 0. The lowest BCUT2D eigenvalue weighted by Crippen LogP contribution is -2.07. The van der Waals surface area contributed by atoms with Crippen LogP contribution in [0.2, 0.25) is 0 Å². The van der Waals surface area contributed by atoms with Crippen LogP contribution in [0.15, 0.2) is 24.3 Å². The van der Waals surface area contributed by atoms with Gasteiger partial charge in [-0.2, -0.15) is 5.26 Å². The maximum absolute atomic E-state index is 11.1. The third-order valence-corrected chi connectivity index (χ3v) is 3.19. The van der Waals surface area contributed by atoms with Crippen molar-refractivity contribution in [2.45, 2.75) is 25.7 Å². The second-order valence-electron chi connectivity index (χ2n) is 4.85. The molecule has 1 aromatic heterocycles. The zero-order valence-corrected chi connectivity index (χ0v) is 11.0. The highest BCUT2D eigenvalue weighted by atomic mass is 16.1. The maximum Gasteiger partial charge on any atom is 0.221 e. The van der Waals surface area contributed by atoms with Crippen LogP contribution >= 0.6 is 0 Å². The van der Waals surface area contributed by atoms with Gasteiger partial charge in [0.1, 0.15) is 6.07 Å². The normalized spacial score (nSPS) is 13.8. The number of nitrogens with one attached hydrogen (secondary N) is 1. The van der Waals surface area contributed by atoms with Crippen LogP contribution in [0.4, 0.5) is 5.69 Å². The first-order chi connectivity index (χ1) is 9.69. The lowest BCUT2D eigenvalue weighted by Gasteiger charge is -2.08. The largest absolute Gasteiger partial charge is 0.326 e. The fourth-order valence-corrected chi connectivity index (χ4v) is 2.20. The Kier molecular flexibility index (Phi) is 2.95.